The standard InChI is InChI=1S/C15H19NO3/c1-11-3-2-4-12(9-11)5-6-13(17)16-10-15(7-8-15)14(18)19/h2-4,9H,5-8,10H2,1H3,(H,16,17)(H,18,19). The van der Waals surface area contributed by atoms with E-state index >= 15 is 0 Å². The van der Waals surface area contributed by atoms with Crippen molar-refractivity contribution in [3.05, 3.63) is 35.4 Å². The number of amides is 1. The van der Waals surface area contributed by atoms with Crippen LogP contribution in [0.25, 0.3) is 0 Å². The van der Waals surface area contributed by atoms with Crippen LogP contribution >= 0.6 is 0 Å². The molecule has 0 saturated heterocycles. The Morgan fingerprint density at radius 2 is 2.11 bits per heavy atom. The molecule has 1 amide bonds. The Balaban J connectivity index is 1.75. The fourth-order valence-electron chi connectivity index (χ4n) is 2.10. The largest absolute Gasteiger partial charge is 0.481 e. The van der Waals surface area contributed by atoms with Crippen molar-refractivity contribution in [2.75, 3.05) is 6.54 Å². The van der Waals surface area contributed by atoms with E-state index in [0.29, 0.717) is 25.7 Å². The fraction of sp³-hybridized carbons (Fsp3) is 0.467. The summed E-state index contributed by atoms with van der Waals surface area (Å²) in [7, 11) is 0. The van der Waals surface area contributed by atoms with E-state index in [1.54, 1.807) is 0 Å². The first-order valence-electron chi connectivity index (χ1n) is 6.57. The summed E-state index contributed by atoms with van der Waals surface area (Å²) in [5, 5.41) is 11.7. The second-order valence-corrected chi connectivity index (χ2v) is 5.35. The molecule has 0 bridgehead atoms. The minimum Gasteiger partial charge on any atom is -0.481 e. The van der Waals surface area contributed by atoms with Crippen LogP contribution in [0.5, 0.6) is 0 Å². The summed E-state index contributed by atoms with van der Waals surface area (Å²) >= 11 is 0. The first kappa shape index (κ1) is 13.6. The third kappa shape index (κ3) is 3.56. The topological polar surface area (TPSA) is 66.4 Å². The maximum absolute atomic E-state index is 11.7. The van der Waals surface area contributed by atoms with E-state index in [1.165, 1.54) is 5.56 Å². The summed E-state index contributed by atoms with van der Waals surface area (Å²) < 4.78 is 0. The summed E-state index contributed by atoms with van der Waals surface area (Å²) in [5.41, 5.74) is 1.63. The lowest BCUT2D eigenvalue weighted by Gasteiger charge is -2.11. The van der Waals surface area contributed by atoms with Crippen molar-refractivity contribution >= 4 is 11.9 Å². The second-order valence-electron chi connectivity index (χ2n) is 5.35. The lowest BCUT2D eigenvalue weighted by Crippen LogP contribution is -2.34. The number of carboxylic acids is 1. The summed E-state index contributed by atoms with van der Waals surface area (Å²) in [6.45, 7) is 2.28. The molecule has 4 heteroatoms. The molecule has 2 rings (SSSR count). The number of carboxylic acid groups (broad SMARTS) is 1. The Bertz CT molecular complexity index is 492. The van der Waals surface area contributed by atoms with E-state index in [-0.39, 0.29) is 12.5 Å². The van der Waals surface area contributed by atoms with E-state index in [9.17, 15) is 9.59 Å². The monoisotopic (exact) mass is 261 g/mol. The highest BCUT2D eigenvalue weighted by Gasteiger charge is 2.50. The number of benzene rings is 1. The minimum atomic E-state index is -0.800. The van der Waals surface area contributed by atoms with Crippen molar-refractivity contribution in [2.45, 2.75) is 32.6 Å². The highest BCUT2D eigenvalue weighted by molar-refractivity contribution is 5.81. The van der Waals surface area contributed by atoms with Crippen LogP contribution in [0.1, 0.15) is 30.4 Å². The number of hydrogen-bond acceptors (Lipinski definition) is 2. The van der Waals surface area contributed by atoms with E-state index in [4.69, 9.17) is 5.11 Å². The maximum atomic E-state index is 11.7. The predicted octanol–water partition coefficient (Wildman–Crippen LogP) is 1.91. The highest BCUT2D eigenvalue weighted by atomic mass is 16.4. The normalized spacial score (nSPS) is 15.8. The Hall–Kier alpha value is -1.84. The van der Waals surface area contributed by atoms with Crippen LogP contribution in [-0.2, 0) is 16.0 Å². The smallest absolute Gasteiger partial charge is 0.311 e. The summed E-state index contributed by atoms with van der Waals surface area (Å²) in [6.07, 6.45) is 2.42. The molecule has 0 unspecified atom stereocenters. The van der Waals surface area contributed by atoms with Crippen molar-refractivity contribution in [3.8, 4) is 0 Å². The molecule has 1 aromatic rings. The van der Waals surface area contributed by atoms with E-state index in [2.05, 4.69) is 11.4 Å². The first-order valence-corrected chi connectivity index (χ1v) is 6.57. The molecule has 102 valence electrons. The molecule has 0 spiro atoms. The molecule has 1 aromatic carbocycles. The van der Waals surface area contributed by atoms with Gasteiger partial charge in [-0.25, -0.2) is 0 Å². The molecular formula is C15H19NO3. The molecule has 0 aliphatic heterocycles. The summed E-state index contributed by atoms with van der Waals surface area (Å²) in [4.78, 5) is 22.7. The average Bonchev–Trinajstić information content (AvgIpc) is 3.15. The van der Waals surface area contributed by atoms with Crippen LogP contribution < -0.4 is 5.32 Å². The van der Waals surface area contributed by atoms with Crippen LogP contribution in [0.3, 0.4) is 0 Å². The molecule has 0 radical (unpaired) electrons. The van der Waals surface area contributed by atoms with Crippen LogP contribution in [0.15, 0.2) is 24.3 Å². The molecule has 0 atom stereocenters. The van der Waals surface area contributed by atoms with Crippen molar-refractivity contribution in [1.82, 2.24) is 5.32 Å². The van der Waals surface area contributed by atoms with Crippen molar-refractivity contribution in [1.29, 1.82) is 0 Å². The Labute approximate surface area is 112 Å². The molecule has 1 saturated carbocycles. The third-order valence-electron chi connectivity index (χ3n) is 3.65. The van der Waals surface area contributed by atoms with Gasteiger partial charge in [-0.15, -0.1) is 0 Å². The number of aryl methyl sites for hydroxylation is 2. The summed E-state index contributed by atoms with van der Waals surface area (Å²) in [6, 6.07) is 8.06. The maximum Gasteiger partial charge on any atom is 0.311 e. The number of aliphatic carboxylic acids is 1. The number of rotatable bonds is 6. The lowest BCUT2D eigenvalue weighted by atomic mass is 10.1. The molecule has 1 aliphatic rings. The number of nitrogens with one attached hydrogen (secondary N) is 1. The van der Waals surface area contributed by atoms with Gasteiger partial charge < -0.3 is 10.4 Å². The molecule has 0 heterocycles. The van der Waals surface area contributed by atoms with Gasteiger partial charge in [-0.2, -0.15) is 0 Å². The minimum absolute atomic E-state index is 0.0750. The molecular weight excluding hydrogens is 242 g/mol. The molecule has 0 aromatic heterocycles. The number of hydrogen-bond donors (Lipinski definition) is 2. The number of carbonyl (C=O) groups excluding carboxylic acids is 1. The van der Waals surface area contributed by atoms with Gasteiger partial charge >= 0.3 is 5.97 Å². The van der Waals surface area contributed by atoms with Gasteiger partial charge in [0, 0.05) is 13.0 Å². The molecule has 1 fully saturated rings. The van der Waals surface area contributed by atoms with Crippen LogP contribution in [0.4, 0.5) is 0 Å². The van der Waals surface area contributed by atoms with E-state index < -0.39 is 11.4 Å². The highest BCUT2D eigenvalue weighted by Crippen LogP contribution is 2.45. The third-order valence-corrected chi connectivity index (χ3v) is 3.65. The lowest BCUT2D eigenvalue weighted by molar-refractivity contribution is -0.143. The summed E-state index contributed by atoms with van der Waals surface area (Å²) in [5.74, 6) is -0.875. The Morgan fingerprint density at radius 3 is 2.68 bits per heavy atom. The SMILES string of the molecule is Cc1cccc(CCC(=O)NCC2(C(=O)O)CC2)c1. The number of carbonyl (C=O) groups is 2. The zero-order valence-electron chi connectivity index (χ0n) is 11.1. The van der Waals surface area contributed by atoms with Gasteiger partial charge in [0.25, 0.3) is 0 Å². The zero-order valence-corrected chi connectivity index (χ0v) is 11.1. The molecule has 19 heavy (non-hydrogen) atoms. The Morgan fingerprint density at radius 1 is 1.37 bits per heavy atom. The van der Waals surface area contributed by atoms with Gasteiger partial charge in [0.2, 0.25) is 5.91 Å². The van der Waals surface area contributed by atoms with Gasteiger partial charge in [-0.1, -0.05) is 29.8 Å². The van der Waals surface area contributed by atoms with Gasteiger partial charge in [0.05, 0.1) is 5.41 Å². The zero-order chi connectivity index (χ0) is 13.9. The van der Waals surface area contributed by atoms with Crippen molar-refractivity contribution in [2.24, 2.45) is 5.41 Å². The molecule has 1 aliphatic carbocycles. The van der Waals surface area contributed by atoms with E-state index in [0.717, 1.165) is 5.56 Å². The first-order chi connectivity index (χ1) is 9.02. The van der Waals surface area contributed by atoms with E-state index in [1.807, 2.05) is 25.1 Å². The molecule has 2 N–H and O–H groups in total. The van der Waals surface area contributed by atoms with Gasteiger partial charge in [0.1, 0.15) is 0 Å². The second kappa shape index (κ2) is 5.43. The average molecular weight is 261 g/mol. The Kier molecular flexibility index (Phi) is 3.88. The van der Waals surface area contributed by atoms with Crippen LogP contribution in [-0.4, -0.2) is 23.5 Å². The van der Waals surface area contributed by atoms with Gasteiger partial charge in [-0.3, -0.25) is 9.59 Å². The molecule has 4 nitrogen and oxygen atoms in total. The van der Waals surface area contributed by atoms with Crippen molar-refractivity contribution in [3.63, 3.8) is 0 Å². The quantitative estimate of drug-likeness (QED) is 0.822. The van der Waals surface area contributed by atoms with Gasteiger partial charge in [-0.05, 0) is 31.7 Å². The van der Waals surface area contributed by atoms with Crippen LogP contribution in [0, 0.1) is 12.3 Å². The van der Waals surface area contributed by atoms with Gasteiger partial charge in [0.15, 0.2) is 0 Å². The predicted molar refractivity (Wildman–Crippen MR) is 71.8 cm³/mol. The fourth-order valence-corrected chi connectivity index (χ4v) is 2.10. The van der Waals surface area contributed by atoms with Crippen molar-refractivity contribution < 1.29 is 14.7 Å². The van der Waals surface area contributed by atoms with Crippen LogP contribution in [0.2, 0.25) is 0 Å².